The van der Waals surface area contributed by atoms with Gasteiger partial charge >= 0.3 is 5.97 Å². The summed E-state index contributed by atoms with van der Waals surface area (Å²) in [7, 11) is 4.65. The quantitative estimate of drug-likeness (QED) is 0.841. The van der Waals surface area contributed by atoms with E-state index in [0.717, 1.165) is 0 Å². The molecule has 0 radical (unpaired) electrons. The lowest BCUT2D eigenvalue weighted by molar-refractivity contribution is 0.0593. The maximum Gasteiger partial charge on any atom is 0.357 e. The highest BCUT2D eigenvalue weighted by Gasteiger charge is 2.22. The van der Waals surface area contributed by atoms with Gasteiger partial charge in [-0.1, -0.05) is 31.4 Å². The van der Waals surface area contributed by atoms with Crippen molar-refractivity contribution in [1.82, 2.24) is 9.97 Å². The van der Waals surface area contributed by atoms with E-state index >= 15 is 4.39 Å². The zero-order valence-corrected chi connectivity index (χ0v) is 14.3. The molecule has 2 rings (SSSR count). The van der Waals surface area contributed by atoms with Gasteiger partial charge < -0.3 is 15.4 Å². The lowest BCUT2D eigenvalue weighted by Crippen LogP contribution is -2.15. The maximum absolute atomic E-state index is 15.0. The summed E-state index contributed by atoms with van der Waals surface area (Å²) in [5.41, 5.74) is 7.13. The van der Waals surface area contributed by atoms with Gasteiger partial charge in [-0.15, -0.1) is 0 Å². The van der Waals surface area contributed by atoms with Crippen LogP contribution in [0, 0.1) is 5.82 Å². The van der Waals surface area contributed by atoms with Crippen molar-refractivity contribution < 1.29 is 13.9 Å². The third kappa shape index (κ3) is 3.21. The Bertz CT molecular complexity index is 863. The molecule has 0 fully saturated rings. The first-order chi connectivity index (χ1) is 11.8. The van der Waals surface area contributed by atoms with Crippen molar-refractivity contribution in [2.24, 2.45) is 0 Å². The molecule has 1 heterocycles. The molecule has 0 aliphatic rings. The molecule has 0 atom stereocenters. The van der Waals surface area contributed by atoms with Gasteiger partial charge in [-0.3, -0.25) is 0 Å². The molecule has 0 amide bonds. The van der Waals surface area contributed by atoms with Crippen molar-refractivity contribution in [3.8, 4) is 11.4 Å². The van der Waals surface area contributed by atoms with Crippen molar-refractivity contribution in [3.05, 3.63) is 47.9 Å². The molecule has 2 aromatic rings. The zero-order valence-electron chi connectivity index (χ0n) is 14.3. The highest BCUT2D eigenvalue weighted by Crippen LogP contribution is 2.32. The van der Waals surface area contributed by atoms with E-state index in [1.54, 1.807) is 31.1 Å². The maximum atomic E-state index is 15.0. The Hall–Kier alpha value is -3.22. The van der Waals surface area contributed by atoms with Crippen molar-refractivity contribution in [1.29, 1.82) is 0 Å². The summed E-state index contributed by atoms with van der Waals surface area (Å²) in [6.07, 6.45) is 2.91. The Labute approximate surface area is 145 Å². The summed E-state index contributed by atoms with van der Waals surface area (Å²) in [6.45, 7) is 7.28. The van der Waals surface area contributed by atoms with E-state index in [9.17, 15) is 4.79 Å². The average Bonchev–Trinajstić information content (AvgIpc) is 2.59. The number of carbonyl (C=O) groups is 1. The van der Waals surface area contributed by atoms with Crippen LogP contribution in [-0.2, 0) is 4.74 Å². The highest BCUT2D eigenvalue weighted by molar-refractivity contribution is 5.94. The number of ether oxygens (including phenoxy) is 1. The predicted molar refractivity (Wildman–Crippen MR) is 97.7 cm³/mol. The first-order valence-corrected chi connectivity index (χ1v) is 7.36. The number of esters is 1. The standard InChI is InChI=1S/C18H19FN4O2/c1-6-10-8-9-12(13(19)15(10)23(3)4)17-21-14(18(24)25-5)11(7-2)16(20)22-17/h6-9H,1-2H2,3-5H3,(H2,20,21,22). The van der Waals surface area contributed by atoms with E-state index in [1.807, 2.05) is 0 Å². The lowest BCUT2D eigenvalue weighted by Gasteiger charge is -2.19. The smallest absolute Gasteiger partial charge is 0.357 e. The molecule has 130 valence electrons. The number of nitrogens with two attached hydrogens (primary N) is 1. The highest BCUT2D eigenvalue weighted by atomic mass is 19.1. The molecule has 7 heteroatoms. The van der Waals surface area contributed by atoms with E-state index in [0.29, 0.717) is 11.3 Å². The summed E-state index contributed by atoms with van der Waals surface area (Å²) in [6, 6.07) is 3.21. The number of carbonyl (C=O) groups excluding carboxylic acids is 1. The molecule has 0 unspecified atom stereocenters. The number of benzene rings is 1. The molecule has 1 aromatic heterocycles. The monoisotopic (exact) mass is 342 g/mol. The molecule has 6 nitrogen and oxygen atoms in total. The number of hydrogen-bond donors (Lipinski definition) is 1. The van der Waals surface area contributed by atoms with Crippen molar-refractivity contribution in [3.63, 3.8) is 0 Å². The van der Waals surface area contributed by atoms with Crippen LogP contribution in [0.1, 0.15) is 21.6 Å². The van der Waals surface area contributed by atoms with E-state index in [2.05, 4.69) is 23.1 Å². The molecule has 0 saturated carbocycles. The molecule has 0 bridgehead atoms. The first kappa shape index (κ1) is 18.1. The largest absolute Gasteiger partial charge is 0.464 e. The molecule has 0 spiro atoms. The van der Waals surface area contributed by atoms with E-state index in [-0.39, 0.29) is 28.5 Å². The number of aromatic nitrogens is 2. The van der Waals surface area contributed by atoms with Crippen molar-refractivity contribution >= 4 is 29.6 Å². The topological polar surface area (TPSA) is 81.3 Å². The van der Waals surface area contributed by atoms with Gasteiger partial charge in [0.25, 0.3) is 0 Å². The van der Waals surface area contributed by atoms with Gasteiger partial charge in [-0.05, 0) is 6.07 Å². The van der Waals surface area contributed by atoms with Gasteiger partial charge in [-0.25, -0.2) is 19.2 Å². The normalized spacial score (nSPS) is 10.2. The summed E-state index contributed by atoms with van der Waals surface area (Å²) < 4.78 is 19.7. The minimum absolute atomic E-state index is 0.0130. The van der Waals surface area contributed by atoms with Crippen molar-refractivity contribution in [2.45, 2.75) is 0 Å². The number of hydrogen-bond acceptors (Lipinski definition) is 6. The molecule has 25 heavy (non-hydrogen) atoms. The number of methoxy groups -OCH3 is 1. The third-order valence-corrected chi connectivity index (χ3v) is 3.61. The number of nitrogens with zero attached hydrogens (tertiary/aromatic N) is 3. The molecule has 0 aliphatic carbocycles. The summed E-state index contributed by atoms with van der Waals surface area (Å²) in [4.78, 5) is 21.8. The number of nitrogen functional groups attached to an aromatic ring is 1. The summed E-state index contributed by atoms with van der Waals surface area (Å²) in [5.74, 6) is -1.25. The number of halogens is 1. The van der Waals surface area contributed by atoms with Crippen LogP contribution in [0.4, 0.5) is 15.9 Å². The first-order valence-electron chi connectivity index (χ1n) is 7.36. The minimum Gasteiger partial charge on any atom is -0.464 e. The zero-order chi connectivity index (χ0) is 18.7. The molecule has 0 aliphatic heterocycles. The number of anilines is 2. The minimum atomic E-state index is -0.707. The third-order valence-electron chi connectivity index (χ3n) is 3.61. The average molecular weight is 342 g/mol. The Morgan fingerprint density at radius 1 is 1.28 bits per heavy atom. The molecule has 2 N–H and O–H groups in total. The van der Waals surface area contributed by atoms with Crippen LogP contribution < -0.4 is 10.6 Å². The fourth-order valence-corrected chi connectivity index (χ4v) is 2.43. The van der Waals surface area contributed by atoms with Crippen LogP contribution in [0.2, 0.25) is 0 Å². The van der Waals surface area contributed by atoms with Crippen molar-refractivity contribution in [2.75, 3.05) is 31.8 Å². The van der Waals surface area contributed by atoms with E-state index in [1.165, 1.54) is 19.3 Å². The lowest BCUT2D eigenvalue weighted by atomic mass is 10.1. The molecular formula is C18H19FN4O2. The SMILES string of the molecule is C=Cc1ccc(-c2nc(N)c(C=C)c(C(=O)OC)n2)c(F)c1N(C)C. The van der Waals surface area contributed by atoms with Crippen LogP contribution in [0.3, 0.4) is 0 Å². The van der Waals surface area contributed by atoms with Gasteiger partial charge in [-0.2, -0.15) is 0 Å². The Morgan fingerprint density at radius 3 is 2.48 bits per heavy atom. The van der Waals surface area contributed by atoms with Gasteiger partial charge in [0.05, 0.1) is 18.4 Å². The second kappa shape index (κ2) is 7.12. The second-order valence-electron chi connectivity index (χ2n) is 5.35. The van der Waals surface area contributed by atoms with E-state index in [4.69, 9.17) is 10.5 Å². The van der Waals surface area contributed by atoms with Crippen LogP contribution in [0.15, 0.2) is 25.3 Å². The second-order valence-corrected chi connectivity index (χ2v) is 5.35. The Balaban J connectivity index is 2.77. The molecule has 0 saturated heterocycles. The van der Waals surface area contributed by atoms with Gasteiger partial charge in [0, 0.05) is 25.2 Å². The fourth-order valence-electron chi connectivity index (χ4n) is 2.43. The Morgan fingerprint density at radius 2 is 1.96 bits per heavy atom. The van der Waals surface area contributed by atoms with Gasteiger partial charge in [0.2, 0.25) is 0 Å². The predicted octanol–water partition coefficient (Wildman–Crippen LogP) is 3.00. The van der Waals surface area contributed by atoms with E-state index < -0.39 is 11.8 Å². The van der Waals surface area contributed by atoms with Crippen LogP contribution in [0.5, 0.6) is 0 Å². The van der Waals surface area contributed by atoms with Crippen LogP contribution in [0.25, 0.3) is 23.5 Å². The van der Waals surface area contributed by atoms with Crippen LogP contribution >= 0.6 is 0 Å². The van der Waals surface area contributed by atoms with Crippen LogP contribution in [-0.4, -0.2) is 37.1 Å². The molecule has 1 aromatic carbocycles. The fraction of sp³-hybridized carbons (Fsp3) is 0.167. The number of rotatable bonds is 5. The molecular weight excluding hydrogens is 323 g/mol. The summed E-state index contributed by atoms with van der Waals surface area (Å²) in [5, 5.41) is 0. The van der Waals surface area contributed by atoms with Gasteiger partial charge in [0.15, 0.2) is 17.3 Å². The van der Waals surface area contributed by atoms with Gasteiger partial charge in [0.1, 0.15) is 5.82 Å². The summed E-state index contributed by atoms with van der Waals surface area (Å²) >= 11 is 0. The Kier molecular flexibility index (Phi) is 5.17.